The first kappa shape index (κ1) is 15.0. The smallest absolute Gasteiger partial charge is 0.0991 e. The molecule has 1 heterocycles. The Balaban J connectivity index is 1.75. The molecule has 1 fully saturated rings. The minimum atomic E-state index is 0.743. The number of nitrogens with zero attached hydrogens (tertiary/aromatic N) is 3. The number of hydrogen-bond acceptors (Lipinski definition) is 3. The molecule has 0 saturated carbocycles. The Labute approximate surface area is 122 Å². The van der Waals surface area contributed by atoms with E-state index in [1.165, 1.54) is 31.6 Å². The van der Waals surface area contributed by atoms with Crippen molar-refractivity contribution in [3.05, 3.63) is 35.4 Å². The van der Waals surface area contributed by atoms with Crippen LogP contribution in [-0.2, 0) is 6.54 Å². The van der Waals surface area contributed by atoms with E-state index >= 15 is 0 Å². The molecule has 1 aliphatic heterocycles. The zero-order chi connectivity index (χ0) is 14.4. The van der Waals surface area contributed by atoms with Gasteiger partial charge in [-0.15, -0.1) is 0 Å². The molecule has 1 aromatic rings. The standard InChI is InChI=1S/C17H25N3/c1-15(2)7-8-19-9-11-20(12-10-19)14-17-5-3-16(13-18)4-6-17/h3-6,15H,7-12,14H2,1-2H3. The molecular formula is C17H25N3. The molecule has 3 heteroatoms. The summed E-state index contributed by atoms with van der Waals surface area (Å²) >= 11 is 0. The van der Waals surface area contributed by atoms with E-state index in [1.54, 1.807) is 0 Å². The predicted octanol–water partition coefficient (Wildman–Crippen LogP) is 2.72. The number of benzene rings is 1. The predicted molar refractivity (Wildman–Crippen MR) is 82.3 cm³/mol. The fraction of sp³-hybridized carbons (Fsp3) is 0.588. The molecule has 0 spiro atoms. The van der Waals surface area contributed by atoms with Gasteiger partial charge in [0.05, 0.1) is 11.6 Å². The van der Waals surface area contributed by atoms with Gasteiger partial charge in [-0.05, 0) is 36.6 Å². The second kappa shape index (κ2) is 7.42. The summed E-state index contributed by atoms with van der Waals surface area (Å²) in [4.78, 5) is 5.09. The number of piperazine rings is 1. The highest BCUT2D eigenvalue weighted by molar-refractivity contribution is 5.31. The van der Waals surface area contributed by atoms with Gasteiger partial charge in [-0.2, -0.15) is 5.26 Å². The minimum absolute atomic E-state index is 0.743. The van der Waals surface area contributed by atoms with E-state index in [4.69, 9.17) is 5.26 Å². The molecule has 1 aliphatic rings. The van der Waals surface area contributed by atoms with E-state index < -0.39 is 0 Å². The van der Waals surface area contributed by atoms with E-state index in [0.717, 1.165) is 31.1 Å². The molecule has 0 radical (unpaired) electrons. The quantitative estimate of drug-likeness (QED) is 0.825. The molecule has 2 rings (SSSR count). The molecule has 1 aromatic carbocycles. The van der Waals surface area contributed by atoms with Crippen LogP contribution in [0.15, 0.2) is 24.3 Å². The Morgan fingerprint density at radius 3 is 2.20 bits per heavy atom. The molecule has 0 N–H and O–H groups in total. The van der Waals surface area contributed by atoms with Gasteiger partial charge in [0.25, 0.3) is 0 Å². The van der Waals surface area contributed by atoms with E-state index in [1.807, 2.05) is 12.1 Å². The third-order valence-electron chi connectivity index (χ3n) is 3.98. The van der Waals surface area contributed by atoms with Gasteiger partial charge in [0.1, 0.15) is 0 Å². The second-order valence-electron chi connectivity index (χ2n) is 6.11. The maximum Gasteiger partial charge on any atom is 0.0991 e. The molecule has 20 heavy (non-hydrogen) atoms. The first-order valence-electron chi connectivity index (χ1n) is 7.61. The lowest BCUT2D eigenvalue weighted by atomic mass is 10.1. The van der Waals surface area contributed by atoms with E-state index in [2.05, 4.69) is 41.8 Å². The molecule has 108 valence electrons. The first-order chi connectivity index (χ1) is 9.67. The number of nitriles is 1. The van der Waals surface area contributed by atoms with Crippen LogP contribution >= 0.6 is 0 Å². The third kappa shape index (κ3) is 4.63. The van der Waals surface area contributed by atoms with Crippen molar-refractivity contribution in [2.24, 2.45) is 5.92 Å². The summed E-state index contributed by atoms with van der Waals surface area (Å²) in [6.45, 7) is 11.5. The van der Waals surface area contributed by atoms with Crippen LogP contribution in [0.5, 0.6) is 0 Å². The van der Waals surface area contributed by atoms with Gasteiger partial charge in [-0.25, -0.2) is 0 Å². The van der Waals surface area contributed by atoms with Gasteiger partial charge < -0.3 is 4.90 Å². The van der Waals surface area contributed by atoms with Crippen LogP contribution < -0.4 is 0 Å². The molecule has 0 unspecified atom stereocenters. The summed E-state index contributed by atoms with van der Waals surface area (Å²) in [7, 11) is 0. The Bertz CT molecular complexity index is 436. The molecule has 0 aromatic heterocycles. The van der Waals surface area contributed by atoms with Crippen molar-refractivity contribution in [2.75, 3.05) is 32.7 Å². The zero-order valence-corrected chi connectivity index (χ0v) is 12.7. The fourth-order valence-electron chi connectivity index (χ4n) is 2.55. The third-order valence-corrected chi connectivity index (χ3v) is 3.98. The lowest BCUT2D eigenvalue weighted by Crippen LogP contribution is -2.46. The topological polar surface area (TPSA) is 30.3 Å². The average molecular weight is 271 g/mol. The normalized spacial score (nSPS) is 17.3. The molecular weight excluding hydrogens is 246 g/mol. The number of rotatable bonds is 5. The maximum atomic E-state index is 8.80. The van der Waals surface area contributed by atoms with Gasteiger partial charge in [0, 0.05) is 32.7 Å². The lowest BCUT2D eigenvalue weighted by Gasteiger charge is -2.35. The van der Waals surface area contributed by atoms with E-state index in [0.29, 0.717) is 0 Å². The largest absolute Gasteiger partial charge is 0.301 e. The SMILES string of the molecule is CC(C)CCN1CCN(Cc2ccc(C#N)cc2)CC1. The Hall–Kier alpha value is -1.37. The van der Waals surface area contributed by atoms with Crippen LogP contribution in [0, 0.1) is 17.2 Å². The van der Waals surface area contributed by atoms with Crippen molar-refractivity contribution in [1.29, 1.82) is 5.26 Å². The van der Waals surface area contributed by atoms with Gasteiger partial charge in [-0.3, -0.25) is 4.90 Å². The lowest BCUT2D eigenvalue weighted by molar-refractivity contribution is 0.123. The Morgan fingerprint density at radius 2 is 1.65 bits per heavy atom. The van der Waals surface area contributed by atoms with Gasteiger partial charge in [0.2, 0.25) is 0 Å². The van der Waals surface area contributed by atoms with E-state index in [9.17, 15) is 0 Å². The molecule has 0 aliphatic carbocycles. The monoisotopic (exact) mass is 271 g/mol. The van der Waals surface area contributed by atoms with Gasteiger partial charge >= 0.3 is 0 Å². The fourth-order valence-corrected chi connectivity index (χ4v) is 2.55. The van der Waals surface area contributed by atoms with Crippen molar-refractivity contribution in [3.8, 4) is 6.07 Å². The van der Waals surface area contributed by atoms with E-state index in [-0.39, 0.29) is 0 Å². The zero-order valence-electron chi connectivity index (χ0n) is 12.7. The van der Waals surface area contributed by atoms with Gasteiger partial charge in [-0.1, -0.05) is 26.0 Å². The molecule has 1 saturated heterocycles. The molecule has 0 bridgehead atoms. The first-order valence-corrected chi connectivity index (χ1v) is 7.61. The van der Waals surface area contributed by atoms with Crippen molar-refractivity contribution < 1.29 is 0 Å². The van der Waals surface area contributed by atoms with Crippen molar-refractivity contribution in [3.63, 3.8) is 0 Å². The van der Waals surface area contributed by atoms with Crippen LogP contribution in [0.4, 0.5) is 0 Å². The molecule has 0 atom stereocenters. The second-order valence-corrected chi connectivity index (χ2v) is 6.11. The number of hydrogen-bond donors (Lipinski definition) is 0. The van der Waals surface area contributed by atoms with Gasteiger partial charge in [0.15, 0.2) is 0 Å². The summed E-state index contributed by atoms with van der Waals surface area (Å²) in [6.07, 6.45) is 1.30. The molecule has 0 amide bonds. The Morgan fingerprint density at radius 1 is 1.05 bits per heavy atom. The summed E-state index contributed by atoms with van der Waals surface area (Å²) in [5, 5.41) is 8.80. The highest BCUT2D eigenvalue weighted by Gasteiger charge is 2.16. The average Bonchev–Trinajstić information content (AvgIpc) is 2.47. The molecule has 3 nitrogen and oxygen atoms in total. The van der Waals surface area contributed by atoms with Crippen molar-refractivity contribution in [2.45, 2.75) is 26.8 Å². The summed E-state index contributed by atoms with van der Waals surface area (Å²) in [5.74, 6) is 0.798. The van der Waals surface area contributed by atoms with Crippen LogP contribution in [0.2, 0.25) is 0 Å². The highest BCUT2D eigenvalue weighted by atomic mass is 15.3. The summed E-state index contributed by atoms with van der Waals surface area (Å²) in [6, 6.07) is 10.1. The highest BCUT2D eigenvalue weighted by Crippen LogP contribution is 2.11. The van der Waals surface area contributed by atoms with Crippen molar-refractivity contribution >= 4 is 0 Å². The minimum Gasteiger partial charge on any atom is -0.301 e. The maximum absolute atomic E-state index is 8.80. The van der Waals surface area contributed by atoms with Crippen LogP contribution in [-0.4, -0.2) is 42.5 Å². The van der Waals surface area contributed by atoms with Crippen LogP contribution in [0.3, 0.4) is 0 Å². The van der Waals surface area contributed by atoms with Crippen LogP contribution in [0.1, 0.15) is 31.4 Å². The van der Waals surface area contributed by atoms with Crippen molar-refractivity contribution in [1.82, 2.24) is 9.80 Å². The Kier molecular flexibility index (Phi) is 5.58. The summed E-state index contributed by atoms with van der Waals surface area (Å²) in [5.41, 5.74) is 2.05. The summed E-state index contributed by atoms with van der Waals surface area (Å²) < 4.78 is 0. The van der Waals surface area contributed by atoms with Crippen LogP contribution in [0.25, 0.3) is 0 Å².